The van der Waals surface area contributed by atoms with Gasteiger partial charge in [0.2, 0.25) is 0 Å². The van der Waals surface area contributed by atoms with Gasteiger partial charge in [-0.15, -0.1) is 0 Å². The first-order valence-corrected chi connectivity index (χ1v) is 6.28. The van der Waals surface area contributed by atoms with Crippen LogP contribution in [0.4, 0.5) is 5.82 Å². The predicted molar refractivity (Wildman–Crippen MR) is 67.9 cm³/mol. The number of hydrogen-bond donors (Lipinski definition) is 1. The van der Waals surface area contributed by atoms with Gasteiger partial charge in [0.25, 0.3) is 0 Å². The van der Waals surface area contributed by atoms with E-state index in [9.17, 15) is 0 Å². The summed E-state index contributed by atoms with van der Waals surface area (Å²) in [6.07, 6.45) is 4.48. The SMILES string of the molecule is CC(C)[C@H]1OCC[C@@H]1CNc1cnc(C#N)cn1. The molecule has 1 saturated heterocycles. The molecule has 1 fully saturated rings. The maximum atomic E-state index is 8.64. The van der Waals surface area contributed by atoms with Gasteiger partial charge in [0.15, 0.2) is 5.69 Å². The van der Waals surface area contributed by atoms with Crippen LogP contribution in [0.2, 0.25) is 0 Å². The van der Waals surface area contributed by atoms with E-state index in [1.54, 1.807) is 6.20 Å². The maximum absolute atomic E-state index is 8.64. The van der Waals surface area contributed by atoms with E-state index in [0.29, 0.717) is 29.5 Å². The standard InChI is InChI=1S/C13H18N4O/c1-9(2)13-10(3-4-18-13)6-16-12-8-15-11(5-14)7-17-12/h7-10,13H,3-4,6H2,1-2H3,(H,16,17)/t10-,13-/m1/s1. The zero-order chi connectivity index (χ0) is 13.0. The predicted octanol–water partition coefficient (Wildman–Crippen LogP) is 1.82. The van der Waals surface area contributed by atoms with Gasteiger partial charge < -0.3 is 10.1 Å². The van der Waals surface area contributed by atoms with Crippen LogP contribution in [0.1, 0.15) is 26.0 Å². The van der Waals surface area contributed by atoms with E-state index in [2.05, 4.69) is 29.1 Å². The van der Waals surface area contributed by atoms with E-state index < -0.39 is 0 Å². The maximum Gasteiger partial charge on any atom is 0.158 e. The molecular weight excluding hydrogens is 228 g/mol. The molecule has 5 nitrogen and oxygen atoms in total. The number of anilines is 1. The van der Waals surface area contributed by atoms with Crippen molar-refractivity contribution in [3.05, 3.63) is 18.1 Å². The molecule has 0 amide bonds. The summed E-state index contributed by atoms with van der Waals surface area (Å²) >= 11 is 0. The van der Waals surface area contributed by atoms with E-state index >= 15 is 0 Å². The lowest BCUT2D eigenvalue weighted by Crippen LogP contribution is -2.28. The second kappa shape index (κ2) is 5.78. The highest BCUT2D eigenvalue weighted by Gasteiger charge is 2.30. The lowest BCUT2D eigenvalue weighted by Gasteiger charge is -2.22. The number of nitrogens with zero attached hydrogens (tertiary/aromatic N) is 3. The Balaban J connectivity index is 1.89. The van der Waals surface area contributed by atoms with Crippen molar-refractivity contribution in [2.24, 2.45) is 11.8 Å². The van der Waals surface area contributed by atoms with Crippen molar-refractivity contribution in [3.63, 3.8) is 0 Å². The van der Waals surface area contributed by atoms with Crippen molar-refractivity contribution in [1.29, 1.82) is 5.26 Å². The fourth-order valence-electron chi connectivity index (χ4n) is 2.32. The van der Waals surface area contributed by atoms with Crippen molar-refractivity contribution in [1.82, 2.24) is 9.97 Å². The average Bonchev–Trinajstić information content (AvgIpc) is 2.85. The molecule has 2 atom stereocenters. The highest BCUT2D eigenvalue weighted by atomic mass is 16.5. The first kappa shape index (κ1) is 12.8. The monoisotopic (exact) mass is 246 g/mol. The second-order valence-corrected chi connectivity index (χ2v) is 4.91. The fourth-order valence-corrected chi connectivity index (χ4v) is 2.32. The Kier molecular flexibility index (Phi) is 4.11. The number of hydrogen-bond acceptors (Lipinski definition) is 5. The Morgan fingerprint density at radius 1 is 1.50 bits per heavy atom. The molecule has 1 aromatic rings. The van der Waals surface area contributed by atoms with Crippen LogP contribution in [0.25, 0.3) is 0 Å². The molecule has 0 bridgehead atoms. The first-order chi connectivity index (χ1) is 8.70. The Morgan fingerprint density at radius 3 is 2.94 bits per heavy atom. The second-order valence-electron chi connectivity index (χ2n) is 4.91. The molecule has 0 saturated carbocycles. The van der Waals surface area contributed by atoms with Gasteiger partial charge in [0, 0.05) is 19.1 Å². The molecule has 2 rings (SSSR count). The molecule has 0 aliphatic carbocycles. The Hall–Kier alpha value is -1.67. The number of nitriles is 1. The largest absolute Gasteiger partial charge is 0.378 e. The van der Waals surface area contributed by atoms with Crippen LogP contribution in [-0.2, 0) is 4.74 Å². The number of aromatic nitrogens is 2. The summed E-state index contributed by atoms with van der Waals surface area (Å²) in [4.78, 5) is 8.12. The lowest BCUT2D eigenvalue weighted by molar-refractivity contribution is 0.0566. The topological polar surface area (TPSA) is 70.8 Å². The third-order valence-corrected chi connectivity index (χ3v) is 3.23. The number of nitrogens with one attached hydrogen (secondary N) is 1. The molecular formula is C13H18N4O. The molecule has 0 radical (unpaired) electrons. The summed E-state index contributed by atoms with van der Waals surface area (Å²) in [5, 5.41) is 11.9. The van der Waals surface area contributed by atoms with Crippen LogP contribution in [0.3, 0.4) is 0 Å². The normalized spacial score (nSPS) is 23.0. The molecule has 18 heavy (non-hydrogen) atoms. The van der Waals surface area contributed by atoms with Crippen LogP contribution in [0.5, 0.6) is 0 Å². The summed E-state index contributed by atoms with van der Waals surface area (Å²) in [5.74, 6) is 1.76. The minimum absolute atomic E-state index is 0.323. The van der Waals surface area contributed by atoms with Crippen molar-refractivity contribution in [2.45, 2.75) is 26.4 Å². The van der Waals surface area contributed by atoms with Crippen LogP contribution in [0.15, 0.2) is 12.4 Å². The van der Waals surface area contributed by atoms with Gasteiger partial charge in [0.1, 0.15) is 11.9 Å². The quantitative estimate of drug-likeness (QED) is 0.877. The number of rotatable bonds is 4. The summed E-state index contributed by atoms with van der Waals surface area (Å²) in [6.45, 7) is 6.05. The zero-order valence-electron chi connectivity index (χ0n) is 10.8. The zero-order valence-corrected chi connectivity index (χ0v) is 10.8. The van der Waals surface area contributed by atoms with Crippen molar-refractivity contribution >= 4 is 5.82 Å². The number of ether oxygens (including phenoxy) is 1. The molecule has 5 heteroatoms. The van der Waals surface area contributed by atoms with E-state index in [0.717, 1.165) is 19.6 Å². The van der Waals surface area contributed by atoms with Gasteiger partial charge in [0.05, 0.1) is 18.5 Å². The molecule has 0 aromatic carbocycles. The van der Waals surface area contributed by atoms with Gasteiger partial charge in [-0.2, -0.15) is 5.26 Å². The smallest absolute Gasteiger partial charge is 0.158 e. The highest BCUT2D eigenvalue weighted by Crippen LogP contribution is 2.26. The minimum atomic E-state index is 0.323. The summed E-state index contributed by atoms with van der Waals surface area (Å²) in [7, 11) is 0. The minimum Gasteiger partial charge on any atom is -0.378 e. The third kappa shape index (κ3) is 2.96. The summed E-state index contributed by atoms with van der Waals surface area (Å²) < 4.78 is 5.73. The van der Waals surface area contributed by atoms with E-state index in [1.165, 1.54) is 6.20 Å². The van der Waals surface area contributed by atoms with Crippen LogP contribution in [-0.4, -0.2) is 29.2 Å². The Bertz CT molecular complexity index is 424. The van der Waals surface area contributed by atoms with E-state index in [4.69, 9.17) is 10.00 Å². The van der Waals surface area contributed by atoms with E-state index in [-0.39, 0.29) is 0 Å². The van der Waals surface area contributed by atoms with Gasteiger partial charge in [-0.3, -0.25) is 0 Å². The van der Waals surface area contributed by atoms with Crippen LogP contribution >= 0.6 is 0 Å². The summed E-state index contributed by atoms with van der Waals surface area (Å²) in [6, 6.07) is 1.95. The Morgan fingerprint density at radius 2 is 2.33 bits per heavy atom. The molecule has 96 valence electrons. The first-order valence-electron chi connectivity index (χ1n) is 6.28. The van der Waals surface area contributed by atoms with Gasteiger partial charge in [-0.25, -0.2) is 9.97 Å². The molecule has 0 spiro atoms. The molecule has 1 N–H and O–H groups in total. The Labute approximate surface area is 107 Å². The fraction of sp³-hybridized carbons (Fsp3) is 0.615. The lowest BCUT2D eigenvalue weighted by atomic mass is 9.93. The van der Waals surface area contributed by atoms with Crippen molar-refractivity contribution in [2.75, 3.05) is 18.5 Å². The molecule has 1 aliphatic heterocycles. The van der Waals surface area contributed by atoms with Crippen molar-refractivity contribution < 1.29 is 4.74 Å². The van der Waals surface area contributed by atoms with Crippen LogP contribution in [0, 0.1) is 23.2 Å². The molecule has 2 heterocycles. The van der Waals surface area contributed by atoms with E-state index in [1.807, 2.05) is 6.07 Å². The third-order valence-electron chi connectivity index (χ3n) is 3.23. The van der Waals surface area contributed by atoms with Crippen LogP contribution < -0.4 is 5.32 Å². The van der Waals surface area contributed by atoms with Crippen molar-refractivity contribution in [3.8, 4) is 6.07 Å². The average molecular weight is 246 g/mol. The molecule has 1 aliphatic rings. The molecule has 0 unspecified atom stereocenters. The molecule has 1 aromatic heterocycles. The summed E-state index contributed by atoms with van der Waals surface area (Å²) in [5.41, 5.74) is 0.338. The highest BCUT2D eigenvalue weighted by molar-refractivity contribution is 5.33. The van der Waals surface area contributed by atoms with Gasteiger partial charge in [-0.05, 0) is 12.3 Å². The van der Waals surface area contributed by atoms with Gasteiger partial charge >= 0.3 is 0 Å². The van der Waals surface area contributed by atoms with Gasteiger partial charge in [-0.1, -0.05) is 13.8 Å².